The van der Waals surface area contributed by atoms with Crippen LogP contribution >= 0.6 is 0 Å². The second-order valence-electron chi connectivity index (χ2n) is 5.77. The zero-order valence-corrected chi connectivity index (χ0v) is 11.0. The SMILES string of the molecule is CC(C)(C)NCCC(=O)NC1CCCC1C#N. The summed E-state index contributed by atoms with van der Waals surface area (Å²) in [6.45, 7) is 6.91. The van der Waals surface area contributed by atoms with Crippen molar-refractivity contribution in [2.45, 2.75) is 58.0 Å². The van der Waals surface area contributed by atoms with Gasteiger partial charge in [0.15, 0.2) is 0 Å². The van der Waals surface area contributed by atoms with Gasteiger partial charge in [-0.3, -0.25) is 4.79 Å². The second-order valence-corrected chi connectivity index (χ2v) is 5.77. The average molecular weight is 237 g/mol. The largest absolute Gasteiger partial charge is 0.352 e. The van der Waals surface area contributed by atoms with Crippen LogP contribution in [0.25, 0.3) is 0 Å². The molecule has 0 aliphatic heterocycles. The molecule has 17 heavy (non-hydrogen) atoms. The number of nitrogens with zero attached hydrogens (tertiary/aromatic N) is 1. The third-order valence-corrected chi connectivity index (χ3v) is 3.04. The van der Waals surface area contributed by atoms with Gasteiger partial charge in [0.05, 0.1) is 12.0 Å². The van der Waals surface area contributed by atoms with Gasteiger partial charge in [0, 0.05) is 24.5 Å². The van der Waals surface area contributed by atoms with E-state index in [-0.39, 0.29) is 23.4 Å². The first-order valence-electron chi connectivity index (χ1n) is 6.36. The van der Waals surface area contributed by atoms with E-state index in [1.165, 1.54) is 0 Å². The van der Waals surface area contributed by atoms with E-state index in [0.717, 1.165) is 19.3 Å². The minimum absolute atomic E-state index is 0.00882. The van der Waals surface area contributed by atoms with Gasteiger partial charge < -0.3 is 10.6 Å². The number of carbonyl (C=O) groups excluding carboxylic acids is 1. The van der Waals surface area contributed by atoms with Crippen LogP contribution in [-0.2, 0) is 4.79 Å². The third kappa shape index (κ3) is 5.18. The monoisotopic (exact) mass is 237 g/mol. The minimum atomic E-state index is 0.00882. The van der Waals surface area contributed by atoms with Crippen LogP contribution in [0.4, 0.5) is 0 Å². The summed E-state index contributed by atoms with van der Waals surface area (Å²) in [7, 11) is 0. The fourth-order valence-corrected chi connectivity index (χ4v) is 2.12. The molecule has 2 unspecified atom stereocenters. The highest BCUT2D eigenvalue weighted by Crippen LogP contribution is 2.24. The molecule has 1 saturated carbocycles. The van der Waals surface area contributed by atoms with Crippen LogP contribution in [-0.4, -0.2) is 24.0 Å². The Hall–Kier alpha value is -1.08. The van der Waals surface area contributed by atoms with Gasteiger partial charge >= 0.3 is 0 Å². The van der Waals surface area contributed by atoms with Gasteiger partial charge in [-0.1, -0.05) is 0 Å². The summed E-state index contributed by atoms with van der Waals surface area (Å²) in [5.41, 5.74) is 0.0445. The van der Waals surface area contributed by atoms with Gasteiger partial charge in [-0.15, -0.1) is 0 Å². The molecule has 0 heterocycles. The number of carbonyl (C=O) groups is 1. The Morgan fingerprint density at radius 3 is 2.71 bits per heavy atom. The number of nitriles is 1. The van der Waals surface area contributed by atoms with Gasteiger partial charge in [-0.05, 0) is 40.0 Å². The molecule has 0 radical (unpaired) electrons. The summed E-state index contributed by atoms with van der Waals surface area (Å²) in [6.07, 6.45) is 3.38. The molecule has 2 atom stereocenters. The molecule has 0 aromatic heterocycles. The summed E-state index contributed by atoms with van der Waals surface area (Å²) in [5.74, 6) is 0.0587. The van der Waals surface area contributed by atoms with Crippen LogP contribution in [0, 0.1) is 17.2 Å². The van der Waals surface area contributed by atoms with Crippen LogP contribution in [0.15, 0.2) is 0 Å². The highest BCUT2D eigenvalue weighted by Gasteiger charge is 2.28. The molecule has 4 nitrogen and oxygen atoms in total. The zero-order valence-electron chi connectivity index (χ0n) is 11.0. The Kier molecular flexibility index (Phi) is 4.95. The number of amides is 1. The van der Waals surface area contributed by atoms with E-state index in [9.17, 15) is 4.79 Å². The molecule has 0 bridgehead atoms. The molecule has 1 aliphatic carbocycles. The summed E-state index contributed by atoms with van der Waals surface area (Å²) in [6, 6.07) is 2.34. The predicted octanol–water partition coefficient (Wildman–Crippen LogP) is 1.57. The molecule has 4 heteroatoms. The van der Waals surface area contributed by atoms with Crippen molar-refractivity contribution in [3.8, 4) is 6.07 Å². The highest BCUT2D eigenvalue weighted by atomic mass is 16.1. The lowest BCUT2D eigenvalue weighted by Gasteiger charge is -2.21. The number of hydrogen-bond donors (Lipinski definition) is 2. The average Bonchev–Trinajstić information content (AvgIpc) is 2.63. The Bertz CT molecular complexity index is 301. The van der Waals surface area contributed by atoms with Crippen LogP contribution in [0.1, 0.15) is 46.5 Å². The molecule has 96 valence electrons. The second kappa shape index (κ2) is 6.02. The minimum Gasteiger partial charge on any atom is -0.352 e. The van der Waals surface area contributed by atoms with Crippen LogP contribution in [0.2, 0.25) is 0 Å². The first-order valence-corrected chi connectivity index (χ1v) is 6.36. The van der Waals surface area contributed by atoms with E-state index < -0.39 is 0 Å². The summed E-state index contributed by atoms with van der Waals surface area (Å²) in [5, 5.41) is 15.2. The van der Waals surface area contributed by atoms with E-state index in [2.05, 4.69) is 37.5 Å². The molecule has 2 N–H and O–H groups in total. The number of rotatable bonds is 4. The van der Waals surface area contributed by atoms with Gasteiger partial charge in [-0.2, -0.15) is 5.26 Å². The normalized spacial score (nSPS) is 24.4. The molecular formula is C13H23N3O. The smallest absolute Gasteiger partial charge is 0.221 e. The number of hydrogen-bond acceptors (Lipinski definition) is 3. The molecule has 0 saturated heterocycles. The van der Waals surface area contributed by atoms with E-state index >= 15 is 0 Å². The van der Waals surface area contributed by atoms with Crippen molar-refractivity contribution in [1.82, 2.24) is 10.6 Å². The van der Waals surface area contributed by atoms with Crippen LogP contribution in [0.5, 0.6) is 0 Å². The first-order chi connectivity index (χ1) is 7.92. The van der Waals surface area contributed by atoms with Crippen molar-refractivity contribution < 1.29 is 4.79 Å². The quantitative estimate of drug-likeness (QED) is 0.780. The van der Waals surface area contributed by atoms with Gasteiger partial charge in [0.1, 0.15) is 0 Å². The van der Waals surface area contributed by atoms with Gasteiger partial charge in [0.25, 0.3) is 0 Å². The molecule has 0 spiro atoms. The van der Waals surface area contributed by atoms with Gasteiger partial charge in [0.2, 0.25) is 5.91 Å². The summed E-state index contributed by atoms with van der Waals surface area (Å²) < 4.78 is 0. The molecule has 1 aliphatic rings. The summed E-state index contributed by atoms with van der Waals surface area (Å²) in [4.78, 5) is 11.7. The first kappa shape index (κ1) is 14.0. The molecule has 0 aromatic rings. The van der Waals surface area contributed by atoms with Crippen LogP contribution < -0.4 is 10.6 Å². The molecule has 0 aromatic carbocycles. The predicted molar refractivity (Wildman–Crippen MR) is 67.3 cm³/mol. The van der Waals surface area contributed by atoms with E-state index in [1.807, 2.05) is 0 Å². The standard InChI is InChI=1S/C13H23N3O/c1-13(2,3)15-8-7-12(17)16-11-6-4-5-10(11)9-14/h10-11,15H,4-8H2,1-3H3,(H,16,17). The van der Waals surface area contributed by atoms with Crippen molar-refractivity contribution in [2.24, 2.45) is 5.92 Å². The van der Waals surface area contributed by atoms with Crippen molar-refractivity contribution in [2.75, 3.05) is 6.54 Å². The fraction of sp³-hybridized carbons (Fsp3) is 0.846. The molecular weight excluding hydrogens is 214 g/mol. The third-order valence-electron chi connectivity index (χ3n) is 3.04. The molecule has 1 amide bonds. The lowest BCUT2D eigenvalue weighted by molar-refractivity contribution is -0.121. The lowest BCUT2D eigenvalue weighted by atomic mass is 10.1. The molecule has 1 rings (SSSR count). The Balaban J connectivity index is 2.23. The van der Waals surface area contributed by atoms with Crippen molar-refractivity contribution in [3.63, 3.8) is 0 Å². The van der Waals surface area contributed by atoms with E-state index in [1.54, 1.807) is 0 Å². The van der Waals surface area contributed by atoms with Crippen molar-refractivity contribution in [3.05, 3.63) is 0 Å². The van der Waals surface area contributed by atoms with Gasteiger partial charge in [-0.25, -0.2) is 0 Å². The fourth-order valence-electron chi connectivity index (χ4n) is 2.12. The van der Waals surface area contributed by atoms with E-state index in [0.29, 0.717) is 13.0 Å². The number of nitrogens with one attached hydrogen (secondary N) is 2. The summed E-state index contributed by atoms with van der Waals surface area (Å²) >= 11 is 0. The maximum absolute atomic E-state index is 11.7. The Morgan fingerprint density at radius 1 is 1.41 bits per heavy atom. The van der Waals surface area contributed by atoms with E-state index in [4.69, 9.17) is 5.26 Å². The van der Waals surface area contributed by atoms with Crippen molar-refractivity contribution >= 4 is 5.91 Å². The Labute approximate surface area is 104 Å². The highest BCUT2D eigenvalue weighted by molar-refractivity contribution is 5.76. The topological polar surface area (TPSA) is 64.9 Å². The van der Waals surface area contributed by atoms with Crippen molar-refractivity contribution in [1.29, 1.82) is 5.26 Å². The van der Waals surface area contributed by atoms with Crippen LogP contribution in [0.3, 0.4) is 0 Å². The maximum atomic E-state index is 11.7. The molecule has 1 fully saturated rings. The maximum Gasteiger partial charge on any atom is 0.221 e. The lowest BCUT2D eigenvalue weighted by Crippen LogP contribution is -2.41. The Morgan fingerprint density at radius 2 is 2.12 bits per heavy atom. The zero-order chi connectivity index (χ0) is 12.9.